The first-order chi connectivity index (χ1) is 17.1. The molecule has 3 N–H and O–H groups in total. The molecular formula is C27H35FN4O4. The molecule has 1 saturated heterocycles. The van der Waals surface area contributed by atoms with Crippen LogP contribution in [0.5, 0.6) is 0 Å². The Hall–Kier alpha value is -3.30. The van der Waals surface area contributed by atoms with Gasteiger partial charge in [0.1, 0.15) is 11.9 Å². The molecule has 3 amide bonds. The van der Waals surface area contributed by atoms with E-state index in [-0.39, 0.29) is 36.8 Å². The lowest BCUT2D eigenvalue weighted by atomic mass is 9.92. The van der Waals surface area contributed by atoms with Crippen LogP contribution in [0.15, 0.2) is 48.5 Å². The summed E-state index contributed by atoms with van der Waals surface area (Å²) in [6, 6.07) is 12.3. The third-order valence-electron chi connectivity index (χ3n) is 6.42. The van der Waals surface area contributed by atoms with E-state index < -0.39 is 23.4 Å². The lowest BCUT2D eigenvalue weighted by molar-refractivity contribution is -0.137. The van der Waals surface area contributed by atoms with Gasteiger partial charge in [0.05, 0.1) is 17.7 Å². The van der Waals surface area contributed by atoms with Crippen molar-refractivity contribution in [3.63, 3.8) is 0 Å². The maximum atomic E-state index is 14.9. The zero-order valence-electron chi connectivity index (χ0n) is 21.1. The molecule has 1 heterocycles. The quantitative estimate of drug-likeness (QED) is 0.492. The summed E-state index contributed by atoms with van der Waals surface area (Å²) in [5.74, 6) is -1.63. The summed E-state index contributed by atoms with van der Waals surface area (Å²) in [6.45, 7) is 5.88. The lowest BCUT2D eigenvalue weighted by Gasteiger charge is -2.34. The van der Waals surface area contributed by atoms with Crippen molar-refractivity contribution in [1.29, 1.82) is 0 Å². The molecule has 0 aliphatic carbocycles. The second kappa shape index (κ2) is 12.1. The van der Waals surface area contributed by atoms with Crippen LogP contribution in [0.1, 0.15) is 37.8 Å². The second-order valence-electron chi connectivity index (χ2n) is 9.49. The van der Waals surface area contributed by atoms with Crippen molar-refractivity contribution in [2.45, 2.75) is 44.8 Å². The van der Waals surface area contributed by atoms with E-state index in [9.17, 15) is 23.9 Å². The Morgan fingerprint density at radius 3 is 2.33 bits per heavy atom. The van der Waals surface area contributed by atoms with Crippen molar-refractivity contribution in [3.05, 3.63) is 65.5 Å². The summed E-state index contributed by atoms with van der Waals surface area (Å²) >= 11 is 0. The molecule has 1 unspecified atom stereocenters. The normalized spacial score (nSPS) is 16.6. The standard InChI is InChI=1S/C27H35FN4O4/c1-4-24(33)30-23(26(35)32-14-12-31(3)13-15-32)17-19-10-11-22(21(28)16-19)29-25(34)18-27(2,36)20-8-6-5-7-9-20/h5-11,16,23,36H,4,12-15,17-18H2,1-3H3,(H,29,34)(H,30,33)/t23-,27?/m1/s1. The number of rotatable bonds is 9. The van der Waals surface area contributed by atoms with Crippen molar-refractivity contribution in [1.82, 2.24) is 15.1 Å². The van der Waals surface area contributed by atoms with Gasteiger partial charge in [-0.25, -0.2) is 4.39 Å². The predicted molar refractivity (Wildman–Crippen MR) is 136 cm³/mol. The molecule has 2 aromatic rings. The molecule has 0 spiro atoms. The minimum absolute atomic E-state index is 0.0212. The third kappa shape index (κ3) is 7.35. The first kappa shape index (κ1) is 27.3. The summed E-state index contributed by atoms with van der Waals surface area (Å²) in [7, 11) is 1.99. The number of nitrogens with zero attached hydrogens (tertiary/aromatic N) is 2. The zero-order valence-corrected chi connectivity index (χ0v) is 21.1. The monoisotopic (exact) mass is 498 g/mol. The van der Waals surface area contributed by atoms with Crippen LogP contribution in [0.2, 0.25) is 0 Å². The van der Waals surface area contributed by atoms with E-state index in [0.717, 1.165) is 13.1 Å². The fraction of sp³-hybridized carbons (Fsp3) is 0.444. The number of carbonyl (C=O) groups is 3. The Kier molecular flexibility index (Phi) is 9.17. The molecular weight excluding hydrogens is 463 g/mol. The maximum Gasteiger partial charge on any atom is 0.245 e. The number of amides is 3. The molecule has 0 radical (unpaired) electrons. The van der Waals surface area contributed by atoms with Gasteiger partial charge in [-0.3, -0.25) is 14.4 Å². The smallest absolute Gasteiger partial charge is 0.245 e. The van der Waals surface area contributed by atoms with E-state index in [1.165, 1.54) is 19.1 Å². The molecule has 194 valence electrons. The summed E-state index contributed by atoms with van der Waals surface area (Å²) in [6.07, 6.45) is 0.117. The van der Waals surface area contributed by atoms with Gasteiger partial charge in [0.15, 0.2) is 0 Å². The molecule has 2 aromatic carbocycles. The van der Waals surface area contributed by atoms with Crippen molar-refractivity contribution >= 4 is 23.4 Å². The van der Waals surface area contributed by atoms with Crippen LogP contribution in [0.4, 0.5) is 10.1 Å². The average molecular weight is 499 g/mol. The highest BCUT2D eigenvalue weighted by Crippen LogP contribution is 2.25. The summed E-state index contributed by atoms with van der Waals surface area (Å²) in [4.78, 5) is 41.6. The number of aliphatic hydroxyl groups is 1. The number of likely N-dealkylation sites (N-methyl/N-ethyl adjacent to an activating group) is 1. The fourth-order valence-corrected chi connectivity index (χ4v) is 4.17. The van der Waals surface area contributed by atoms with Crippen LogP contribution in [-0.4, -0.2) is 71.9 Å². The minimum atomic E-state index is -1.41. The van der Waals surface area contributed by atoms with Crippen LogP contribution in [-0.2, 0) is 26.4 Å². The highest BCUT2D eigenvalue weighted by Gasteiger charge is 2.29. The number of halogens is 1. The van der Waals surface area contributed by atoms with Gasteiger partial charge < -0.3 is 25.5 Å². The molecule has 1 aliphatic rings. The van der Waals surface area contributed by atoms with E-state index in [2.05, 4.69) is 15.5 Å². The number of nitrogens with one attached hydrogen (secondary N) is 2. The third-order valence-corrected chi connectivity index (χ3v) is 6.42. The molecule has 3 rings (SSSR count). The van der Waals surface area contributed by atoms with Gasteiger partial charge in [-0.15, -0.1) is 0 Å². The first-order valence-electron chi connectivity index (χ1n) is 12.2. The van der Waals surface area contributed by atoms with Crippen molar-refractivity contribution in [3.8, 4) is 0 Å². The van der Waals surface area contributed by atoms with Gasteiger partial charge >= 0.3 is 0 Å². The Morgan fingerprint density at radius 1 is 1.06 bits per heavy atom. The molecule has 2 atom stereocenters. The van der Waals surface area contributed by atoms with Crippen molar-refractivity contribution in [2.24, 2.45) is 0 Å². The molecule has 0 saturated carbocycles. The number of hydrogen-bond acceptors (Lipinski definition) is 5. The molecule has 36 heavy (non-hydrogen) atoms. The topological polar surface area (TPSA) is 102 Å². The Labute approximate surface area is 211 Å². The average Bonchev–Trinajstić information content (AvgIpc) is 2.85. The minimum Gasteiger partial charge on any atom is -0.385 e. The van der Waals surface area contributed by atoms with E-state index >= 15 is 0 Å². The second-order valence-corrected chi connectivity index (χ2v) is 9.49. The predicted octanol–water partition coefficient (Wildman–Crippen LogP) is 2.27. The Morgan fingerprint density at radius 2 is 1.72 bits per heavy atom. The van der Waals surface area contributed by atoms with E-state index in [4.69, 9.17) is 0 Å². The van der Waals surface area contributed by atoms with Crippen LogP contribution in [0.3, 0.4) is 0 Å². The number of hydrogen-bond donors (Lipinski definition) is 3. The summed E-state index contributed by atoms with van der Waals surface area (Å²) < 4.78 is 14.9. The lowest BCUT2D eigenvalue weighted by Crippen LogP contribution is -2.54. The molecule has 8 nitrogen and oxygen atoms in total. The van der Waals surface area contributed by atoms with E-state index in [1.807, 2.05) is 13.1 Å². The summed E-state index contributed by atoms with van der Waals surface area (Å²) in [5.41, 5.74) is -0.324. The number of piperazine rings is 1. The molecule has 0 aromatic heterocycles. The summed E-state index contributed by atoms with van der Waals surface area (Å²) in [5, 5.41) is 16.0. The molecule has 9 heteroatoms. The van der Waals surface area contributed by atoms with E-state index in [1.54, 1.807) is 42.2 Å². The largest absolute Gasteiger partial charge is 0.385 e. The van der Waals surface area contributed by atoms with Crippen LogP contribution < -0.4 is 10.6 Å². The molecule has 1 aliphatic heterocycles. The SMILES string of the molecule is CCC(=O)N[C@H](Cc1ccc(NC(=O)CC(C)(O)c2ccccc2)c(F)c1)C(=O)N1CCN(C)CC1. The maximum absolute atomic E-state index is 14.9. The van der Waals surface area contributed by atoms with Crippen molar-refractivity contribution in [2.75, 3.05) is 38.5 Å². The van der Waals surface area contributed by atoms with Crippen LogP contribution in [0.25, 0.3) is 0 Å². The van der Waals surface area contributed by atoms with Crippen LogP contribution >= 0.6 is 0 Å². The van der Waals surface area contributed by atoms with Gasteiger partial charge in [0.2, 0.25) is 17.7 Å². The van der Waals surface area contributed by atoms with Gasteiger partial charge in [0.25, 0.3) is 0 Å². The zero-order chi connectivity index (χ0) is 26.3. The molecule has 1 fully saturated rings. The Bertz CT molecular complexity index is 1070. The number of anilines is 1. The van der Waals surface area contributed by atoms with E-state index in [0.29, 0.717) is 24.2 Å². The Balaban J connectivity index is 1.67. The van der Waals surface area contributed by atoms with Crippen molar-refractivity contribution < 1.29 is 23.9 Å². The van der Waals surface area contributed by atoms with Gasteiger partial charge in [-0.1, -0.05) is 43.3 Å². The van der Waals surface area contributed by atoms with Gasteiger partial charge in [0, 0.05) is 39.0 Å². The highest BCUT2D eigenvalue weighted by atomic mass is 19.1. The molecule has 0 bridgehead atoms. The van der Waals surface area contributed by atoms with Gasteiger partial charge in [-0.2, -0.15) is 0 Å². The highest BCUT2D eigenvalue weighted by molar-refractivity contribution is 5.91. The number of carbonyl (C=O) groups excluding carboxylic acids is 3. The fourth-order valence-electron chi connectivity index (χ4n) is 4.17. The van der Waals surface area contributed by atoms with Crippen LogP contribution in [0, 0.1) is 5.82 Å². The first-order valence-corrected chi connectivity index (χ1v) is 12.2. The number of benzene rings is 2. The van der Waals surface area contributed by atoms with Gasteiger partial charge in [-0.05, 0) is 37.2 Å².